The maximum Gasteiger partial charge on any atom is 0.326 e. The summed E-state index contributed by atoms with van der Waals surface area (Å²) in [5.74, 6) is -3.91. The summed E-state index contributed by atoms with van der Waals surface area (Å²) >= 11 is 0. The molecule has 2 aromatic carbocycles. The number of phenols is 2. The Hall–Kier alpha value is -4.16. The summed E-state index contributed by atoms with van der Waals surface area (Å²) in [7, 11) is 0. The molecule has 0 spiro atoms. The van der Waals surface area contributed by atoms with Gasteiger partial charge < -0.3 is 42.1 Å². The minimum absolute atomic E-state index is 0.00478. The molecule has 212 valence electrons. The van der Waals surface area contributed by atoms with E-state index in [0.717, 1.165) is 0 Å². The highest BCUT2D eigenvalue weighted by atomic mass is 16.4. The molecule has 0 heterocycles. The van der Waals surface area contributed by atoms with Crippen LogP contribution in [-0.4, -0.2) is 74.4 Å². The number of hydrogen-bond donors (Lipinski definition) is 8. The molecular weight excluding hydrogens is 508 g/mol. The molecule has 2 aromatic rings. The van der Waals surface area contributed by atoms with Crippen LogP contribution in [0.15, 0.2) is 48.5 Å². The van der Waals surface area contributed by atoms with Crippen LogP contribution >= 0.6 is 0 Å². The zero-order valence-electron chi connectivity index (χ0n) is 22.0. The number of amides is 3. The summed E-state index contributed by atoms with van der Waals surface area (Å²) in [6.07, 6.45) is -1.55. The van der Waals surface area contributed by atoms with Gasteiger partial charge in [0.2, 0.25) is 17.7 Å². The molecule has 12 nitrogen and oxygen atoms in total. The van der Waals surface area contributed by atoms with Gasteiger partial charge in [0.05, 0.1) is 12.1 Å². The molecule has 3 amide bonds. The van der Waals surface area contributed by atoms with Gasteiger partial charge in [-0.05, 0) is 48.2 Å². The second-order valence-electron chi connectivity index (χ2n) is 9.70. The monoisotopic (exact) mass is 544 g/mol. The fourth-order valence-electron chi connectivity index (χ4n) is 3.64. The molecule has 0 radical (unpaired) electrons. The summed E-state index contributed by atoms with van der Waals surface area (Å²) < 4.78 is 0. The van der Waals surface area contributed by atoms with Crippen molar-refractivity contribution in [3.8, 4) is 11.5 Å². The van der Waals surface area contributed by atoms with Crippen molar-refractivity contribution < 1.29 is 39.6 Å². The number of rotatable bonds is 13. The summed E-state index contributed by atoms with van der Waals surface area (Å²) in [6.45, 7) is 4.73. The average Bonchev–Trinajstić information content (AvgIpc) is 2.87. The van der Waals surface area contributed by atoms with E-state index in [0.29, 0.717) is 11.1 Å². The number of hydrogen-bond acceptors (Lipinski definition) is 8. The Balaban J connectivity index is 2.21. The second kappa shape index (κ2) is 14.1. The van der Waals surface area contributed by atoms with Gasteiger partial charge in [-0.25, -0.2) is 4.79 Å². The molecule has 0 saturated carbocycles. The number of carboxylic acid groups (broad SMARTS) is 1. The number of aliphatic hydroxyl groups excluding tert-OH is 1. The highest BCUT2D eigenvalue weighted by Crippen LogP contribution is 2.13. The van der Waals surface area contributed by atoms with Crippen LogP contribution in [0.5, 0.6) is 11.5 Å². The summed E-state index contributed by atoms with van der Waals surface area (Å²) in [5.41, 5.74) is 7.04. The Morgan fingerprint density at radius 2 is 1.15 bits per heavy atom. The molecule has 0 aliphatic rings. The molecule has 0 aromatic heterocycles. The van der Waals surface area contributed by atoms with Crippen molar-refractivity contribution in [1.29, 1.82) is 0 Å². The predicted molar refractivity (Wildman–Crippen MR) is 142 cm³/mol. The van der Waals surface area contributed by atoms with Gasteiger partial charge in [0.1, 0.15) is 29.6 Å². The SMILES string of the molecule is CC(C)C(N)C(=O)NC(Cc1ccc(O)cc1)C(=O)NC(C(=O)NC(Cc1ccc(O)cc1)C(=O)O)C(C)O. The molecular formula is C27H36N4O8. The molecule has 0 bridgehead atoms. The number of nitrogens with two attached hydrogens (primary N) is 1. The van der Waals surface area contributed by atoms with Crippen molar-refractivity contribution in [2.45, 2.75) is 63.9 Å². The van der Waals surface area contributed by atoms with Crippen molar-refractivity contribution in [1.82, 2.24) is 16.0 Å². The molecule has 39 heavy (non-hydrogen) atoms. The van der Waals surface area contributed by atoms with Crippen LogP contribution in [0.1, 0.15) is 31.9 Å². The summed E-state index contributed by atoms with van der Waals surface area (Å²) in [6, 6.07) is 6.66. The molecule has 2 rings (SSSR count). The van der Waals surface area contributed by atoms with Crippen LogP contribution in [-0.2, 0) is 32.0 Å². The van der Waals surface area contributed by atoms with Crippen molar-refractivity contribution >= 4 is 23.7 Å². The van der Waals surface area contributed by atoms with Gasteiger partial charge in [0.25, 0.3) is 0 Å². The number of carboxylic acids is 1. The van der Waals surface area contributed by atoms with Crippen LogP contribution in [0.2, 0.25) is 0 Å². The molecule has 5 unspecified atom stereocenters. The smallest absolute Gasteiger partial charge is 0.326 e. The summed E-state index contributed by atoms with van der Waals surface area (Å²) in [4.78, 5) is 50.7. The lowest BCUT2D eigenvalue weighted by atomic mass is 10.0. The van der Waals surface area contributed by atoms with E-state index < -0.39 is 54.0 Å². The lowest BCUT2D eigenvalue weighted by molar-refractivity contribution is -0.143. The predicted octanol–water partition coefficient (Wildman–Crippen LogP) is -0.214. The lowest BCUT2D eigenvalue weighted by Crippen LogP contribution is -2.60. The van der Waals surface area contributed by atoms with Crippen molar-refractivity contribution in [2.24, 2.45) is 11.7 Å². The van der Waals surface area contributed by atoms with Crippen LogP contribution in [0.25, 0.3) is 0 Å². The number of benzene rings is 2. The third kappa shape index (κ3) is 9.58. The van der Waals surface area contributed by atoms with E-state index in [1.54, 1.807) is 26.0 Å². The number of carbonyl (C=O) groups is 4. The number of aliphatic hydroxyl groups is 1. The maximum absolute atomic E-state index is 13.3. The van der Waals surface area contributed by atoms with Gasteiger partial charge in [-0.2, -0.15) is 0 Å². The maximum atomic E-state index is 13.3. The Bertz CT molecular complexity index is 1140. The van der Waals surface area contributed by atoms with Gasteiger partial charge in [-0.3, -0.25) is 14.4 Å². The van der Waals surface area contributed by atoms with Crippen LogP contribution in [0, 0.1) is 5.92 Å². The number of phenolic OH excluding ortho intramolecular Hbond substituents is 2. The van der Waals surface area contributed by atoms with Crippen LogP contribution in [0.4, 0.5) is 0 Å². The molecule has 0 fully saturated rings. The molecule has 0 aliphatic heterocycles. The van der Waals surface area contributed by atoms with Gasteiger partial charge in [0.15, 0.2) is 0 Å². The third-order valence-corrected chi connectivity index (χ3v) is 6.08. The van der Waals surface area contributed by atoms with Gasteiger partial charge in [-0.1, -0.05) is 38.1 Å². The fraction of sp³-hybridized carbons (Fsp3) is 0.407. The van der Waals surface area contributed by atoms with E-state index in [2.05, 4.69) is 16.0 Å². The van der Waals surface area contributed by atoms with Crippen LogP contribution < -0.4 is 21.7 Å². The fourth-order valence-corrected chi connectivity index (χ4v) is 3.64. The number of aliphatic carboxylic acids is 1. The van der Waals surface area contributed by atoms with Crippen molar-refractivity contribution in [2.75, 3.05) is 0 Å². The zero-order valence-corrected chi connectivity index (χ0v) is 22.0. The van der Waals surface area contributed by atoms with E-state index >= 15 is 0 Å². The minimum Gasteiger partial charge on any atom is -0.508 e. The van der Waals surface area contributed by atoms with Gasteiger partial charge in [-0.15, -0.1) is 0 Å². The summed E-state index contributed by atoms with van der Waals surface area (Å²) in [5, 5.41) is 46.2. The van der Waals surface area contributed by atoms with E-state index in [1.807, 2.05) is 0 Å². The van der Waals surface area contributed by atoms with E-state index in [4.69, 9.17) is 5.73 Å². The first-order chi connectivity index (χ1) is 18.3. The molecule has 5 atom stereocenters. The van der Waals surface area contributed by atoms with Crippen molar-refractivity contribution in [3.05, 3.63) is 59.7 Å². The quantitative estimate of drug-likeness (QED) is 0.167. The van der Waals surface area contributed by atoms with Crippen molar-refractivity contribution in [3.63, 3.8) is 0 Å². The highest BCUT2D eigenvalue weighted by molar-refractivity contribution is 5.94. The Morgan fingerprint density at radius 3 is 1.56 bits per heavy atom. The Kier molecular flexibility index (Phi) is 11.2. The highest BCUT2D eigenvalue weighted by Gasteiger charge is 2.33. The Morgan fingerprint density at radius 1 is 0.718 bits per heavy atom. The largest absolute Gasteiger partial charge is 0.508 e. The number of aromatic hydroxyl groups is 2. The molecule has 12 heteroatoms. The zero-order chi connectivity index (χ0) is 29.3. The number of nitrogens with one attached hydrogen (secondary N) is 3. The minimum atomic E-state index is -1.54. The van der Waals surface area contributed by atoms with Crippen LogP contribution in [0.3, 0.4) is 0 Å². The normalized spacial score (nSPS) is 14.9. The topological polar surface area (TPSA) is 211 Å². The van der Waals surface area contributed by atoms with Gasteiger partial charge in [0, 0.05) is 12.8 Å². The first kappa shape index (κ1) is 31.1. The third-order valence-electron chi connectivity index (χ3n) is 6.08. The standard InChI is InChI=1S/C27H36N4O8/c1-14(2)22(28)25(36)29-20(12-16-4-8-18(33)9-5-16)24(35)31-23(15(3)32)26(37)30-21(27(38)39)13-17-6-10-19(34)11-7-17/h4-11,14-15,20-23,32-34H,12-13,28H2,1-3H3,(H,29,36)(H,30,37)(H,31,35)(H,38,39). The second-order valence-corrected chi connectivity index (χ2v) is 9.70. The molecule has 0 saturated heterocycles. The first-order valence-electron chi connectivity index (χ1n) is 12.4. The number of carbonyl (C=O) groups excluding carboxylic acids is 3. The molecule has 9 N–H and O–H groups in total. The van der Waals surface area contributed by atoms with E-state index in [1.165, 1.54) is 43.3 Å². The molecule has 0 aliphatic carbocycles. The van der Waals surface area contributed by atoms with E-state index in [9.17, 15) is 39.6 Å². The van der Waals surface area contributed by atoms with Gasteiger partial charge >= 0.3 is 5.97 Å². The Labute approximate surface area is 226 Å². The first-order valence-corrected chi connectivity index (χ1v) is 12.4. The van der Waals surface area contributed by atoms with E-state index in [-0.39, 0.29) is 30.3 Å². The lowest BCUT2D eigenvalue weighted by Gasteiger charge is -2.27. The average molecular weight is 545 g/mol.